The van der Waals surface area contributed by atoms with Crippen molar-refractivity contribution in [3.8, 4) is 5.75 Å². The molecule has 0 radical (unpaired) electrons. The Kier molecular flexibility index (Phi) is 6.16. The molecule has 1 unspecified atom stereocenters. The number of methoxy groups -OCH3 is 1. The third kappa shape index (κ3) is 4.82. The van der Waals surface area contributed by atoms with Gasteiger partial charge in [0, 0.05) is 17.7 Å². The molecule has 134 valence electrons. The fourth-order valence-electron chi connectivity index (χ4n) is 2.31. The molecule has 2 rings (SSSR count). The molecule has 0 aliphatic carbocycles. The second-order valence-corrected chi connectivity index (χ2v) is 5.79. The van der Waals surface area contributed by atoms with Gasteiger partial charge in [-0.2, -0.15) is 0 Å². The number of nitrogens with zero attached hydrogens (tertiary/aromatic N) is 2. The SMILES string of the molecule is CCC(C)N(CC(=O)Nc1cc(C)on1)C(=O)c1ccc(OC)cc1. The van der Waals surface area contributed by atoms with Crippen LogP contribution in [0.5, 0.6) is 5.75 Å². The Morgan fingerprint density at radius 2 is 2.00 bits per heavy atom. The van der Waals surface area contributed by atoms with Crippen LogP contribution >= 0.6 is 0 Å². The third-order valence-electron chi connectivity index (χ3n) is 3.93. The maximum Gasteiger partial charge on any atom is 0.254 e. The molecule has 1 N–H and O–H groups in total. The zero-order chi connectivity index (χ0) is 18.4. The smallest absolute Gasteiger partial charge is 0.254 e. The number of carbonyl (C=O) groups excluding carboxylic acids is 2. The summed E-state index contributed by atoms with van der Waals surface area (Å²) in [4.78, 5) is 26.6. The lowest BCUT2D eigenvalue weighted by Crippen LogP contribution is -2.43. The molecule has 25 heavy (non-hydrogen) atoms. The zero-order valence-corrected chi connectivity index (χ0v) is 14.9. The molecule has 2 amide bonds. The van der Waals surface area contributed by atoms with Crippen LogP contribution in [0.2, 0.25) is 0 Å². The Morgan fingerprint density at radius 3 is 2.52 bits per heavy atom. The highest BCUT2D eigenvalue weighted by Gasteiger charge is 2.23. The number of nitrogens with one attached hydrogen (secondary N) is 1. The second-order valence-electron chi connectivity index (χ2n) is 5.79. The zero-order valence-electron chi connectivity index (χ0n) is 14.9. The number of ether oxygens (including phenoxy) is 1. The average Bonchev–Trinajstić information content (AvgIpc) is 3.03. The number of hydrogen-bond donors (Lipinski definition) is 1. The quantitative estimate of drug-likeness (QED) is 0.834. The van der Waals surface area contributed by atoms with E-state index in [1.54, 1.807) is 49.3 Å². The molecular formula is C18H23N3O4. The van der Waals surface area contributed by atoms with Crippen molar-refractivity contribution in [3.63, 3.8) is 0 Å². The minimum Gasteiger partial charge on any atom is -0.497 e. The maximum atomic E-state index is 12.8. The van der Waals surface area contributed by atoms with E-state index in [1.165, 1.54) is 0 Å². The number of rotatable bonds is 7. The molecule has 2 aromatic rings. The maximum absolute atomic E-state index is 12.8. The Hall–Kier alpha value is -2.83. The topological polar surface area (TPSA) is 84.7 Å². The highest BCUT2D eigenvalue weighted by atomic mass is 16.5. The molecule has 0 spiro atoms. The Balaban J connectivity index is 2.11. The van der Waals surface area contributed by atoms with Gasteiger partial charge < -0.3 is 19.5 Å². The lowest BCUT2D eigenvalue weighted by molar-refractivity contribution is -0.117. The van der Waals surface area contributed by atoms with E-state index < -0.39 is 0 Å². The molecule has 7 heteroatoms. The van der Waals surface area contributed by atoms with Crippen LogP contribution in [0, 0.1) is 6.92 Å². The van der Waals surface area contributed by atoms with E-state index in [-0.39, 0.29) is 24.4 Å². The van der Waals surface area contributed by atoms with Crippen LogP contribution < -0.4 is 10.1 Å². The van der Waals surface area contributed by atoms with E-state index in [2.05, 4.69) is 10.5 Å². The van der Waals surface area contributed by atoms with Gasteiger partial charge in [0.1, 0.15) is 18.1 Å². The lowest BCUT2D eigenvalue weighted by atomic mass is 10.1. The summed E-state index contributed by atoms with van der Waals surface area (Å²) in [7, 11) is 1.57. The van der Waals surface area contributed by atoms with Gasteiger partial charge in [0.15, 0.2) is 5.82 Å². The van der Waals surface area contributed by atoms with E-state index in [9.17, 15) is 9.59 Å². The van der Waals surface area contributed by atoms with Crippen LogP contribution in [-0.2, 0) is 4.79 Å². The van der Waals surface area contributed by atoms with Crippen LogP contribution in [0.4, 0.5) is 5.82 Å². The van der Waals surface area contributed by atoms with Gasteiger partial charge in [-0.25, -0.2) is 0 Å². The Labute approximate surface area is 146 Å². The molecule has 0 bridgehead atoms. The van der Waals surface area contributed by atoms with E-state index in [0.29, 0.717) is 22.9 Å². The minimum absolute atomic E-state index is 0.0637. The van der Waals surface area contributed by atoms with Crippen molar-refractivity contribution in [3.05, 3.63) is 41.7 Å². The molecule has 7 nitrogen and oxygen atoms in total. The molecule has 0 saturated heterocycles. The summed E-state index contributed by atoms with van der Waals surface area (Å²) in [5.41, 5.74) is 0.506. The lowest BCUT2D eigenvalue weighted by Gasteiger charge is -2.28. The fraction of sp³-hybridized carbons (Fsp3) is 0.389. The molecule has 0 saturated carbocycles. The predicted molar refractivity (Wildman–Crippen MR) is 93.7 cm³/mol. The first-order chi connectivity index (χ1) is 11.9. The largest absolute Gasteiger partial charge is 0.497 e. The van der Waals surface area contributed by atoms with Crippen LogP contribution in [0.25, 0.3) is 0 Å². The van der Waals surface area contributed by atoms with Crippen molar-refractivity contribution in [1.82, 2.24) is 10.1 Å². The number of aromatic nitrogens is 1. The summed E-state index contributed by atoms with van der Waals surface area (Å²) in [6.45, 7) is 5.56. The summed E-state index contributed by atoms with van der Waals surface area (Å²) in [5, 5.41) is 6.36. The van der Waals surface area contributed by atoms with Gasteiger partial charge in [-0.1, -0.05) is 12.1 Å². The van der Waals surface area contributed by atoms with Crippen LogP contribution in [0.15, 0.2) is 34.9 Å². The number of aryl methyl sites for hydroxylation is 1. The van der Waals surface area contributed by atoms with Gasteiger partial charge in [-0.05, 0) is 44.5 Å². The predicted octanol–water partition coefficient (Wildman–Crippen LogP) is 2.87. The molecule has 0 aliphatic heterocycles. The first kappa shape index (κ1) is 18.5. The van der Waals surface area contributed by atoms with Gasteiger partial charge in [0.25, 0.3) is 5.91 Å². The highest BCUT2D eigenvalue weighted by molar-refractivity contribution is 5.99. The molecular weight excluding hydrogens is 322 g/mol. The first-order valence-corrected chi connectivity index (χ1v) is 8.12. The van der Waals surface area contributed by atoms with E-state index in [1.807, 2.05) is 13.8 Å². The standard InChI is InChI=1S/C18H23N3O4/c1-5-12(2)21(11-17(22)19-16-10-13(3)25-20-16)18(23)14-6-8-15(24-4)9-7-14/h6-10,12H,5,11H2,1-4H3,(H,19,20,22). The molecule has 1 aromatic heterocycles. The molecule has 0 aliphatic rings. The number of anilines is 1. The van der Waals surface area contributed by atoms with E-state index in [0.717, 1.165) is 6.42 Å². The summed E-state index contributed by atoms with van der Waals surface area (Å²) in [6, 6.07) is 8.36. The van der Waals surface area contributed by atoms with Gasteiger partial charge in [0.2, 0.25) is 5.91 Å². The third-order valence-corrected chi connectivity index (χ3v) is 3.93. The fourth-order valence-corrected chi connectivity index (χ4v) is 2.31. The number of amides is 2. The van der Waals surface area contributed by atoms with Gasteiger partial charge in [-0.15, -0.1) is 0 Å². The van der Waals surface area contributed by atoms with Crippen LogP contribution in [0.1, 0.15) is 36.4 Å². The summed E-state index contributed by atoms with van der Waals surface area (Å²) in [5.74, 6) is 1.08. The minimum atomic E-state index is -0.324. The van der Waals surface area contributed by atoms with Crippen molar-refractivity contribution in [2.45, 2.75) is 33.2 Å². The summed E-state index contributed by atoms with van der Waals surface area (Å²) < 4.78 is 10.0. The summed E-state index contributed by atoms with van der Waals surface area (Å²) >= 11 is 0. The average molecular weight is 345 g/mol. The normalized spacial score (nSPS) is 11.7. The molecule has 0 fully saturated rings. The van der Waals surface area contributed by atoms with Gasteiger partial charge in [0.05, 0.1) is 7.11 Å². The molecule has 1 aromatic carbocycles. The van der Waals surface area contributed by atoms with Crippen molar-refractivity contribution in [2.24, 2.45) is 0 Å². The van der Waals surface area contributed by atoms with Crippen molar-refractivity contribution in [1.29, 1.82) is 0 Å². The Bertz CT molecular complexity index is 724. The second kappa shape index (κ2) is 8.32. The van der Waals surface area contributed by atoms with E-state index >= 15 is 0 Å². The van der Waals surface area contributed by atoms with Crippen LogP contribution in [-0.4, -0.2) is 41.6 Å². The summed E-state index contributed by atoms with van der Waals surface area (Å²) in [6.07, 6.45) is 0.734. The number of carbonyl (C=O) groups is 2. The van der Waals surface area contributed by atoms with Crippen molar-refractivity contribution >= 4 is 17.6 Å². The van der Waals surface area contributed by atoms with Gasteiger partial charge >= 0.3 is 0 Å². The Morgan fingerprint density at radius 1 is 1.32 bits per heavy atom. The highest BCUT2D eigenvalue weighted by Crippen LogP contribution is 2.16. The van der Waals surface area contributed by atoms with Crippen molar-refractivity contribution in [2.75, 3.05) is 19.0 Å². The number of hydrogen-bond acceptors (Lipinski definition) is 5. The number of benzene rings is 1. The molecule has 1 atom stereocenters. The van der Waals surface area contributed by atoms with Crippen molar-refractivity contribution < 1.29 is 18.8 Å². The van der Waals surface area contributed by atoms with Crippen LogP contribution in [0.3, 0.4) is 0 Å². The van der Waals surface area contributed by atoms with Gasteiger partial charge in [-0.3, -0.25) is 9.59 Å². The first-order valence-electron chi connectivity index (χ1n) is 8.12. The van der Waals surface area contributed by atoms with E-state index in [4.69, 9.17) is 9.26 Å². The molecule has 1 heterocycles. The monoisotopic (exact) mass is 345 g/mol.